The Morgan fingerprint density at radius 1 is 1.03 bits per heavy atom. The number of benzene rings is 2. The molecule has 0 radical (unpaired) electrons. The molecule has 1 aliphatic carbocycles. The van der Waals surface area contributed by atoms with Gasteiger partial charge in [0.25, 0.3) is 0 Å². The molecule has 3 rings (SSSR count). The Bertz CT molecular complexity index is 919. The van der Waals surface area contributed by atoms with Crippen molar-refractivity contribution < 1.29 is 24.2 Å². The van der Waals surface area contributed by atoms with Crippen LogP contribution in [-0.4, -0.2) is 53.8 Å². The number of carboxylic acids is 1. The lowest BCUT2D eigenvalue weighted by Crippen LogP contribution is -2.51. The molecule has 164 valence electrons. The Morgan fingerprint density at radius 3 is 2.16 bits per heavy atom. The van der Waals surface area contributed by atoms with Crippen LogP contribution in [0.2, 0.25) is 0 Å². The van der Waals surface area contributed by atoms with E-state index in [-0.39, 0.29) is 12.5 Å². The van der Waals surface area contributed by atoms with Crippen LogP contribution in [-0.2, 0) is 14.3 Å². The third-order valence-electron chi connectivity index (χ3n) is 5.29. The number of carbonyl (C=O) groups is 3. The Kier molecular flexibility index (Phi) is 7.57. The minimum atomic E-state index is -1.14. The van der Waals surface area contributed by atoms with Crippen molar-refractivity contribution in [2.75, 3.05) is 18.6 Å². The lowest BCUT2D eigenvalue weighted by Gasteiger charge is -2.20. The molecule has 2 aromatic rings. The van der Waals surface area contributed by atoms with Gasteiger partial charge in [0, 0.05) is 5.92 Å². The van der Waals surface area contributed by atoms with E-state index >= 15 is 0 Å². The molecule has 8 heteroatoms. The van der Waals surface area contributed by atoms with Crippen molar-refractivity contribution in [3.05, 3.63) is 59.7 Å². The molecule has 2 amide bonds. The maximum Gasteiger partial charge on any atom is 0.407 e. The van der Waals surface area contributed by atoms with E-state index in [1.807, 2.05) is 42.7 Å². The summed E-state index contributed by atoms with van der Waals surface area (Å²) in [4.78, 5) is 35.9. The fraction of sp³-hybridized carbons (Fsp3) is 0.348. The molecular formula is C23H26N2O5S. The third-order valence-corrected chi connectivity index (χ3v) is 5.94. The van der Waals surface area contributed by atoms with Crippen LogP contribution in [0, 0.1) is 0 Å². The number of aliphatic carboxylic acids is 1. The highest BCUT2D eigenvalue weighted by Crippen LogP contribution is 2.44. The van der Waals surface area contributed by atoms with Gasteiger partial charge in [-0.05, 0) is 47.6 Å². The number of alkyl carbamates (subject to hydrolysis) is 1. The number of fused-ring (bicyclic) bond motifs is 3. The van der Waals surface area contributed by atoms with Crippen LogP contribution in [0.15, 0.2) is 48.5 Å². The molecule has 1 aliphatic rings. The molecule has 0 fully saturated rings. The largest absolute Gasteiger partial charge is 0.480 e. The second kappa shape index (κ2) is 10.3. The summed E-state index contributed by atoms with van der Waals surface area (Å²) >= 11 is 1.53. The summed E-state index contributed by atoms with van der Waals surface area (Å²) in [6.07, 6.45) is 1.55. The number of rotatable bonds is 9. The van der Waals surface area contributed by atoms with E-state index in [0.29, 0.717) is 12.2 Å². The SMILES string of the molecule is CSCC[C@H](NC(=O)OCC1c2ccccc2-c2ccccc21)C(=O)NC(C)C(=O)O. The predicted molar refractivity (Wildman–Crippen MR) is 120 cm³/mol. The van der Waals surface area contributed by atoms with E-state index in [0.717, 1.165) is 22.3 Å². The zero-order valence-corrected chi connectivity index (χ0v) is 18.3. The van der Waals surface area contributed by atoms with E-state index < -0.39 is 30.1 Å². The van der Waals surface area contributed by atoms with Crippen LogP contribution in [0.3, 0.4) is 0 Å². The number of carboxylic acid groups (broad SMARTS) is 1. The fourth-order valence-electron chi connectivity index (χ4n) is 3.66. The molecule has 0 aromatic heterocycles. The summed E-state index contributed by atoms with van der Waals surface area (Å²) in [5.41, 5.74) is 4.46. The number of nitrogens with one attached hydrogen (secondary N) is 2. The van der Waals surface area contributed by atoms with Crippen LogP contribution in [0.5, 0.6) is 0 Å². The molecule has 0 saturated heterocycles. The smallest absolute Gasteiger partial charge is 0.407 e. The van der Waals surface area contributed by atoms with E-state index in [9.17, 15) is 14.4 Å². The highest BCUT2D eigenvalue weighted by atomic mass is 32.2. The summed E-state index contributed by atoms with van der Waals surface area (Å²) in [5.74, 6) is -1.14. The molecule has 7 nitrogen and oxygen atoms in total. The number of hydrogen-bond acceptors (Lipinski definition) is 5. The Morgan fingerprint density at radius 2 is 1.61 bits per heavy atom. The zero-order chi connectivity index (χ0) is 22.4. The summed E-state index contributed by atoms with van der Waals surface area (Å²) < 4.78 is 5.50. The average Bonchev–Trinajstić information content (AvgIpc) is 3.08. The molecule has 2 aromatic carbocycles. The Labute approximate surface area is 185 Å². The molecule has 31 heavy (non-hydrogen) atoms. The van der Waals surface area contributed by atoms with Crippen molar-refractivity contribution in [3.63, 3.8) is 0 Å². The lowest BCUT2D eigenvalue weighted by atomic mass is 9.98. The maximum atomic E-state index is 12.5. The first-order chi connectivity index (χ1) is 14.9. The molecule has 1 unspecified atom stereocenters. The number of amides is 2. The van der Waals surface area contributed by atoms with Crippen LogP contribution >= 0.6 is 11.8 Å². The molecule has 2 atom stereocenters. The van der Waals surface area contributed by atoms with Gasteiger partial charge in [0.2, 0.25) is 5.91 Å². The molecule has 0 saturated carbocycles. The van der Waals surface area contributed by atoms with E-state index in [1.54, 1.807) is 0 Å². The average molecular weight is 443 g/mol. The third kappa shape index (κ3) is 5.38. The van der Waals surface area contributed by atoms with Gasteiger partial charge in [0.1, 0.15) is 18.7 Å². The van der Waals surface area contributed by atoms with Gasteiger partial charge in [-0.1, -0.05) is 48.5 Å². The quantitative estimate of drug-likeness (QED) is 0.551. The van der Waals surface area contributed by atoms with E-state index in [4.69, 9.17) is 9.84 Å². The molecule has 3 N–H and O–H groups in total. The molecule has 0 spiro atoms. The molecule has 0 heterocycles. The lowest BCUT2D eigenvalue weighted by molar-refractivity contribution is -0.141. The Balaban J connectivity index is 1.65. The summed E-state index contributed by atoms with van der Waals surface area (Å²) in [7, 11) is 0. The minimum Gasteiger partial charge on any atom is -0.480 e. The van der Waals surface area contributed by atoms with E-state index in [1.165, 1.54) is 18.7 Å². The normalized spacial score (nSPS) is 14.1. The van der Waals surface area contributed by atoms with Crippen molar-refractivity contribution in [1.82, 2.24) is 10.6 Å². The maximum absolute atomic E-state index is 12.5. The topological polar surface area (TPSA) is 105 Å². The van der Waals surface area contributed by atoms with Crippen molar-refractivity contribution in [3.8, 4) is 11.1 Å². The van der Waals surface area contributed by atoms with Crippen molar-refractivity contribution in [1.29, 1.82) is 0 Å². The van der Waals surface area contributed by atoms with Gasteiger partial charge in [-0.15, -0.1) is 0 Å². The molecule has 0 bridgehead atoms. The van der Waals surface area contributed by atoms with Gasteiger partial charge < -0.3 is 20.5 Å². The first-order valence-electron chi connectivity index (χ1n) is 10.1. The van der Waals surface area contributed by atoms with Crippen LogP contribution in [0.1, 0.15) is 30.4 Å². The summed E-state index contributed by atoms with van der Waals surface area (Å²) in [5, 5.41) is 14.0. The summed E-state index contributed by atoms with van der Waals surface area (Å²) in [6, 6.07) is 14.2. The Hall–Kier alpha value is -3.00. The molecule has 0 aliphatic heterocycles. The standard InChI is InChI=1S/C23H26N2O5S/c1-14(22(27)28)24-21(26)20(11-12-31-2)25-23(29)30-13-19-17-9-5-3-7-15(17)16-8-4-6-10-18(16)19/h3-10,14,19-20H,11-13H2,1-2H3,(H,24,26)(H,25,29)(H,27,28)/t14?,20-/m0/s1. The number of ether oxygens (including phenoxy) is 1. The first-order valence-corrected chi connectivity index (χ1v) is 11.5. The predicted octanol–water partition coefficient (Wildman–Crippen LogP) is 3.24. The van der Waals surface area contributed by atoms with Gasteiger partial charge in [-0.3, -0.25) is 9.59 Å². The van der Waals surface area contributed by atoms with Gasteiger partial charge in [0.15, 0.2) is 0 Å². The monoisotopic (exact) mass is 442 g/mol. The van der Waals surface area contributed by atoms with Gasteiger partial charge in [-0.25, -0.2) is 4.79 Å². The van der Waals surface area contributed by atoms with Crippen molar-refractivity contribution in [2.24, 2.45) is 0 Å². The summed E-state index contributed by atoms with van der Waals surface area (Å²) in [6.45, 7) is 1.52. The first kappa shape index (κ1) is 22.7. The second-order valence-corrected chi connectivity index (χ2v) is 8.36. The number of thioether (sulfide) groups is 1. The molecular weight excluding hydrogens is 416 g/mol. The van der Waals surface area contributed by atoms with Crippen LogP contribution in [0.25, 0.3) is 11.1 Å². The second-order valence-electron chi connectivity index (χ2n) is 7.37. The van der Waals surface area contributed by atoms with Gasteiger partial charge in [0.05, 0.1) is 0 Å². The zero-order valence-electron chi connectivity index (χ0n) is 17.5. The van der Waals surface area contributed by atoms with Crippen molar-refractivity contribution in [2.45, 2.75) is 31.3 Å². The van der Waals surface area contributed by atoms with Crippen molar-refractivity contribution >= 4 is 29.7 Å². The highest BCUT2D eigenvalue weighted by Gasteiger charge is 2.30. The number of hydrogen-bond donors (Lipinski definition) is 3. The van der Waals surface area contributed by atoms with Crippen LogP contribution in [0.4, 0.5) is 4.79 Å². The van der Waals surface area contributed by atoms with Crippen LogP contribution < -0.4 is 10.6 Å². The highest BCUT2D eigenvalue weighted by molar-refractivity contribution is 7.98. The minimum absolute atomic E-state index is 0.0799. The van der Waals surface area contributed by atoms with E-state index in [2.05, 4.69) is 22.8 Å². The van der Waals surface area contributed by atoms with Gasteiger partial charge >= 0.3 is 12.1 Å². The van der Waals surface area contributed by atoms with Gasteiger partial charge in [-0.2, -0.15) is 11.8 Å². The number of carbonyl (C=O) groups excluding carboxylic acids is 2. The fourth-order valence-corrected chi connectivity index (χ4v) is 4.13.